The summed E-state index contributed by atoms with van der Waals surface area (Å²) in [6.45, 7) is 2.05. The Hall–Kier alpha value is -3.06. The fourth-order valence-corrected chi connectivity index (χ4v) is 2.66. The number of ether oxygens (including phenoxy) is 1. The minimum Gasteiger partial charge on any atom is -0.462 e. The van der Waals surface area contributed by atoms with Gasteiger partial charge in [-0.15, -0.1) is 0 Å². The molecule has 0 saturated carbocycles. The van der Waals surface area contributed by atoms with Crippen LogP contribution in [0, 0.1) is 0 Å². The molecular weight excluding hydrogens is 338 g/mol. The molecule has 1 N–H and O–H groups in total. The van der Waals surface area contributed by atoms with Gasteiger partial charge in [-0.25, -0.2) is 4.79 Å². The Morgan fingerprint density at radius 3 is 2.72 bits per heavy atom. The molecule has 0 radical (unpaired) electrons. The van der Waals surface area contributed by atoms with Crippen LogP contribution in [0.15, 0.2) is 54.5 Å². The average Bonchev–Trinajstić information content (AvgIpc) is 2.90. The van der Waals surface area contributed by atoms with Gasteiger partial charge in [0.2, 0.25) is 0 Å². The highest BCUT2D eigenvalue weighted by molar-refractivity contribution is 7.80. The van der Waals surface area contributed by atoms with Crippen LogP contribution in [-0.2, 0) is 9.53 Å². The topological polar surface area (TPSA) is 71.5 Å². The summed E-state index contributed by atoms with van der Waals surface area (Å²) in [5.74, 6) is -0.669. The number of hydrogen-bond donors (Lipinski definition) is 1. The first-order valence-corrected chi connectivity index (χ1v) is 8.05. The highest BCUT2D eigenvalue weighted by Gasteiger charge is 2.32. The standard InChI is InChI=1S/C18H15N3O3S/c1-2-24-17(23)13-5-7-14(8-6-13)21-16(22)15(20-18(21)25)10-12-4-3-9-19-11-12/h3-11H,2H2,1H3,(H,20,25)/b15-10-. The third-order valence-electron chi connectivity index (χ3n) is 3.51. The first kappa shape index (κ1) is 16.8. The Kier molecular flexibility index (Phi) is 4.85. The lowest BCUT2D eigenvalue weighted by Crippen LogP contribution is -2.30. The normalized spacial score (nSPS) is 15.4. The molecule has 1 aliphatic rings. The lowest BCUT2D eigenvalue weighted by Gasteiger charge is -2.14. The monoisotopic (exact) mass is 353 g/mol. The maximum atomic E-state index is 12.6. The minimum atomic E-state index is -0.403. The third-order valence-corrected chi connectivity index (χ3v) is 3.79. The van der Waals surface area contributed by atoms with Crippen molar-refractivity contribution >= 4 is 41.0 Å². The van der Waals surface area contributed by atoms with E-state index >= 15 is 0 Å². The molecule has 1 amide bonds. The second-order valence-corrected chi connectivity index (χ2v) is 5.57. The summed E-state index contributed by atoms with van der Waals surface area (Å²) in [5, 5.41) is 3.19. The molecular formula is C18H15N3O3S. The Bertz CT molecular complexity index is 848. The number of amides is 1. The molecule has 6 nitrogen and oxygen atoms in total. The largest absolute Gasteiger partial charge is 0.462 e. The first-order valence-electron chi connectivity index (χ1n) is 7.64. The van der Waals surface area contributed by atoms with E-state index in [-0.39, 0.29) is 11.0 Å². The van der Waals surface area contributed by atoms with Crippen molar-refractivity contribution in [1.29, 1.82) is 0 Å². The molecule has 0 bridgehead atoms. The minimum absolute atomic E-state index is 0.266. The number of nitrogens with one attached hydrogen (secondary N) is 1. The molecule has 1 fully saturated rings. The molecule has 126 valence electrons. The molecule has 1 aromatic heterocycles. The second-order valence-electron chi connectivity index (χ2n) is 5.18. The van der Waals surface area contributed by atoms with Crippen LogP contribution in [0.25, 0.3) is 6.08 Å². The molecule has 1 aliphatic heterocycles. The summed E-state index contributed by atoms with van der Waals surface area (Å²) in [6, 6.07) is 10.2. The highest BCUT2D eigenvalue weighted by Crippen LogP contribution is 2.23. The summed E-state index contributed by atoms with van der Waals surface area (Å²) >= 11 is 5.26. The number of thiocarbonyl (C=S) groups is 1. The van der Waals surface area contributed by atoms with Crippen molar-refractivity contribution in [3.63, 3.8) is 0 Å². The number of aromatic nitrogens is 1. The summed E-state index contributed by atoms with van der Waals surface area (Å²) < 4.78 is 4.95. The molecule has 0 aliphatic carbocycles. The van der Waals surface area contributed by atoms with Gasteiger partial charge in [-0.1, -0.05) is 6.07 Å². The molecule has 0 spiro atoms. The summed E-state index contributed by atoms with van der Waals surface area (Å²) in [4.78, 5) is 29.7. The zero-order chi connectivity index (χ0) is 17.8. The predicted molar refractivity (Wildman–Crippen MR) is 97.8 cm³/mol. The molecule has 1 aromatic carbocycles. The quantitative estimate of drug-likeness (QED) is 0.517. The SMILES string of the molecule is CCOC(=O)c1ccc(N2C(=O)/C(=C/c3cccnc3)NC2=S)cc1. The molecule has 0 unspecified atom stereocenters. The molecule has 1 saturated heterocycles. The summed E-state index contributed by atoms with van der Waals surface area (Å²) in [7, 11) is 0. The van der Waals surface area contributed by atoms with Gasteiger partial charge in [0, 0.05) is 12.4 Å². The lowest BCUT2D eigenvalue weighted by atomic mass is 10.2. The smallest absolute Gasteiger partial charge is 0.338 e. The van der Waals surface area contributed by atoms with Gasteiger partial charge in [0.05, 0.1) is 17.9 Å². The van der Waals surface area contributed by atoms with E-state index < -0.39 is 5.97 Å². The van der Waals surface area contributed by atoms with Crippen molar-refractivity contribution in [2.45, 2.75) is 6.92 Å². The van der Waals surface area contributed by atoms with Gasteiger partial charge in [0.15, 0.2) is 5.11 Å². The van der Waals surface area contributed by atoms with E-state index in [9.17, 15) is 9.59 Å². The van der Waals surface area contributed by atoms with E-state index in [1.54, 1.807) is 55.7 Å². The Morgan fingerprint density at radius 1 is 1.32 bits per heavy atom. The first-order chi connectivity index (χ1) is 12.1. The maximum Gasteiger partial charge on any atom is 0.338 e. The van der Waals surface area contributed by atoms with Gasteiger partial charge in [0.1, 0.15) is 5.70 Å². The van der Waals surface area contributed by atoms with Gasteiger partial charge >= 0.3 is 5.97 Å². The predicted octanol–water partition coefficient (Wildman–Crippen LogP) is 2.52. The van der Waals surface area contributed by atoms with Crippen molar-refractivity contribution in [1.82, 2.24) is 10.3 Å². The summed E-state index contributed by atoms with van der Waals surface area (Å²) in [6.07, 6.45) is 5.00. The molecule has 25 heavy (non-hydrogen) atoms. The van der Waals surface area contributed by atoms with Crippen molar-refractivity contribution in [2.24, 2.45) is 0 Å². The average molecular weight is 353 g/mol. The molecule has 2 heterocycles. The van der Waals surface area contributed by atoms with E-state index in [2.05, 4.69) is 10.3 Å². The number of anilines is 1. The highest BCUT2D eigenvalue weighted by atomic mass is 32.1. The zero-order valence-electron chi connectivity index (χ0n) is 13.4. The van der Waals surface area contributed by atoms with Crippen molar-refractivity contribution in [3.8, 4) is 0 Å². The van der Waals surface area contributed by atoms with E-state index in [1.165, 1.54) is 4.90 Å². The van der Waals surface area contributed by atoms with Gasteiger partial charge in [-0.2, -0.15) is 0 Å². The number of pyridine rings is 1. The van der Waals surface area contributed by atoms with Crippen LogP contribution >= 0.6 is 12.2 Å². The Balaban J connectivity index is 1.83. The van der Waals surface area contributed by atoms with Gasteiger partial charge < -0.3 is 10.1 Å². The van der Waals surface area contributed by atoms with E-state index in [0.29, 0.717) is 23.6 Å². The van der Waals surface area contributed by atoms with Gasteiger partial charge in [0.25, 0.3) is 5.91 Å². The zero-order valence-corrected chi connectivity index (χ0v) is 14.2. The van der Waals surface area contributed by atoms with Crippen LogP contribution in [0.4, 0.5) is 5.69 Å². The van der Waals surface area contributed by atoms with Crippen molar-refractivity contribution in [2.75, 3.05) is 11.5 Å². The second kappa shape index (κ2) is 7.23. The molecule has 3 rings (SSSR count). The van der Waals surface area contributed by atoms with E-state index in [0.717, 1.165) is 5.56 Å². The van der Waals surface area contributed by atoms with E-state index in [1.807, 2.05) is 6.07 Å². The number of hydrogen-bond acceptors (Lipinski definition) is 5. The van der Waals surface area contributed by atoms with Crippen LogP contribution in [0.5, 0.6) is 0 Å². The van der Waals surface area contributed by atoms with Crippen LogP contribution in [0.2, 0.25) is 0 Å². The number of carbonyl (C=O) groups excluding carboxylic acids is 2. The van der Waals surface area contributed by atoms with Gasteiger partial charge in [-0.05, 0) is 61.1 Å². The fraction of sp³-hybridized carbons (Fsp3) is 0.111. The van der Waals surface area contributed by atoms with Crippen molar-refractivity contribution < 1.29 is 14.3 Å². The van der Waals surface area contributed by atoms with Crippen LogP contribution < -0.4 is 10.2 Å². The fourth-order valence-electron chi connectivity index (χ4n) is 2.36. The Labute approximate surface area is 150 Å². The maximum absolute atomic E-state index is 12.6. The lowest BCUT2D eigenvalue weighted by molar-refractivity contribution is -0.113. The van der Waals surface area contributed by atoms with E-state index in [4.69, 9.17) is 17.0 Å². The van der Waals surface area contributed by atoms with Crippen molar-refractivity contribution in [3.05, 3.63) is 65.6 Å². The summed E-state index contributed by atoms with van der Waals surface area (Å²) in [5.41, 5.74) is 2.15. The number of rotatable bonds is 4. The molecule has 7 heteroatoms. The third kappa shape index (κ3) is 3.56. The van der Waals surface area contributed by atoms with Crippen LogP contribution in [0.1, 0.15) is 22.8 Å². The number of nitrogens with zero attached hydrogens (tertiary/aromatic N) is 2. The van der Waals surface area contributed by atoms with Crippen LogP contribution in [0.3, 0.4) is 0 Å². The number of esters is 1. The van der Waals surface area contributed by atoms with Gasteiger partial charge in [-0.3, -0.25) is 14.7 Å². The van der Waals surface area contributed by atoms with Crippen LogP contribution in [-0.4, -0.2) is 28.6 Å². The number of carbonyl (C=O) groups is 2. The number of benzene rings is 1. The molecule has 2 aromatic rings. The Morgan fingerprint density at radius 2 is 2.08 bits per heavy atom. The molecule has 0 atom stereocenters.